The van der Waals surface area contributed by atoms with Crippen molar-refractivity contribution in [2.45, 2.75) is 33.2 Å². The van der Waals surface area contributed by atoms with Gasteiger partial charge < -0.3 is 15.7 Å². The highest BCUT2D eigenvalue weighted by atomic mass is 32.2. The van der Waals surface area contributed by atoms with E-state index in [0.717, 1.165) is 17.9 Å². The highest BCUT2D eigenvalue weighted by Crippen LogP contribution is 2.22. The number of rotatable bonds is 4. The van der Waals surface area contributed by atoms with Gasteiger partial charge in [0.1, 0.15) is 6.04 Å². The third-order valence-corrected chi connectivity index (χ3v) is 4.20. The zero-order valence-electron chi connectivity index (χ0n) is 11.2. The normalized spacial score (nSPS) is 21.4. The van der Waals surface area contributed by atoms with E-state index < -0.39 is 23.5 Å². The molecule has 0 aromatic carbocycles. The van der Waals surface area contributed by atoms with Crippen molar-refractivity contribution in [2.75, 3.05) is 18.1 Å². The molecule has 1 unspecified atom stereocenters. The van der Waals surface area contributed by atoms with Crippen LogP contribution in [0.25, 0.3) is 0 Å². The summed E-state index contributed by atoms with van der Waals surface area (Å²) < 4.78 is 0. The molecule has 104 valence electrons. The van der Waals surface area contributed by atoms with Gasteiger partial charge in [0.15, 0.2) is 0 Å². The van der Waals surface area contributed by atoms with Crippen molar-refractivity contribution in [3.63, 3.8) is 0 Å². The molecule has 2 atom stereocenters. The number of carbonyl (C=O) groups is 2. The number of amides is 2. The Morgan fingerprint density at radius 1 is 1.44 bits per heavy atom. The zero-order valence-corrected chi connectivity index (χ0v) is 12.0. The fourth-order valence-electron chi connectivity index (χ4n) is 1.81. The first-order valence-electron chi connectivity index (χ1n) is 6.15. The molecule has 1 fully saturated rings. The monoisotopic (exact) mass is 274 g/mol. The molecule has 6 heteroatoms. The number of urea groups is 1. The Kier molecular flexibility index (Phi) is 5.31. The molecule has 0 bridgehead atoms. The molecule has 1 aliphatic heterocycles. The van der Waals surface area contributed by atoms with Crippen LogP contribution in [0.3, 0.4) is 0 Å². The van der Waals surface area contributed by atoms with E-state index in [1.54, 1.807) is 20.8 Å². The molecule has 2 amide bonds. The second-order valence-corrected chi connectivity index (χ2v) is 6.87. The van der Waals surface area contributed by atoms with Gasteiger partial charge in [0.2, 0.25) is 0 Å². The van der Waals surface area contributed by atoms with Crippen molar-refractivity contribution in [3.8, 4) is 0 Å². The van der Waals surface area contributed by atoms with Crippen LogP contribution in [0, 0.1) is 11.3 Å². The summed E-state index contributed by atoms with van der Waals surface area (Å²) >= 11 is 1.89. The van der Waals surface area contributed by atoms with Gasteiger partial charge in [0.05, 0.1) is 0 Å². The molecule has 0 radical (unpaired) electrons. The van der Waals surface area contributed by atoms with Crippen LogP contribution in [0.1, 0.15) is 27.2 Å². The minimum atomic E-state index is -1.01. The summed E-state index contributed by atoms with van der Waals surface area (Å²) in [5.41, 5.74) is -0.508. The van der Waals surface area contributed by atoms with Crippen LogP contribution in [0.5, 0.6) is 0 Å². The smallest absolute Gasteiger partial charge is 0.326 e. The Labute approximate surface area is 112 Å². The number of carbonyl (C=O) groups excluding carboxylic acids is 1. The molecule has 1 aliphatic rings. The van der Waals surface area contributed by atoms with Crippen molar-refractivity contribution < 1.29 is 14.7 Å². The van der Waals surface area contributed by atoms with Gasteiger partial charge in [0.25, 0.3) is 0 Å². The lowest BCUT2D eigenvalue weighted by molar-refractivity contribution is -0.141. The van der Waals surface area contributed by atoms with Crippen LogP contribution in [-0.2, 0) is 4.79 Å². The first kappa shape index (κ1) is 15.1. The number of nitrogens with one attached hydrogen (secondary N) is 2. The second-order valence-electron chi connectivity index (χ2n) is 5.72. The van der Waals surface area contributed by atoms with E-state index in [-0.39, 0.29) is 0 Å². The summed E-state index contributed by atoms with van der Waals surface area (Å²) in [6, 6.07) is -1.27. The summed E-state index contributed by atoms with van der Waals surface area (Å²) in [6.07, 6.45) is 1.12. The average molecular weight is 274 g/mol. The van der Waals surface area contributed by atoms with E-state index in [2.05, 4.69) is 10.6 Å². The first-order chi connectivity index (χ1) is 8.30. The van der Waals surface area contributed by atoms with E-state index >= 15 is 0 Å². The van der Waals surface area contributed by atoms with Crippen molar-refractivity contribution in [3.05, 3.63) is 0 Å². The summed E-state index contributed by atoms with van der Waals surface area (Å²) in [7, 11) is 0. The number of hydrogen-bond acceptors (Lipinski definition) is 3. The van der Waals surface area contributed by atoms with E-state index in [1.165, 1.54) is 0 Å². The minimum Gasteiger partial charge on any atom is -0.480 e. The van der Waals surface area contributed by atoms with E-state index in [0.29, 0.717) is 12.5 Å². The van der Waals surface area contributed by atoms with Crippen molar-refractivity contribution >= 4 is 23.8 Å². The summed E-state index contributed by atoms with van der Waals surface area (Å²) in [4.78, 5) is 22.8. The topological polar surface area (TPSA) is 78.4 Å². The lowest BCUT2D eigenvalue weighted by Gasteiger charge is -2.28. The number of hydrogen-bond donors (Lipinski definition) is 3. The Morgan fingerprint density at radius 2 is 2.11 bits per heavy atom. The van der Waals surface area contributed by atoms with Gasteiger partial charge in [-0.1, -0.05) is 20.8 Å². The number of carboxylic acid groups (broad SMARTS) is 1. The molecule has 5 nitrogen and oxygen atoms in total. The molecule has 0 aromatic heterocycles. The van der Waals surface area contributed by atoms with Gasteiger partial charge in [-0.3, -0.25) is 0 Å². The fraction of sp³-hybridized carbons (Fsp3) is 0.833. The molecular weight excluding hydrogens is 252 g/mol. The van der Waals surface area contributed by atoms with Gasteiger partial charge >= 0.3 is 12.0 Å². The lowest BCUT2D eigenvalue weighted by Crippen LogP contribution is -2.52. The molecule has 0 spiro atoms. The van der Waals surface area contributed by atoms with Crippen LogP contribution in [-0.4, -0.2) is 41.2 Å². The molecule has 1 heterocycles. The highest BCUT2D eigenvalue weighted by Gasteiger charge is 2.32. The first-order valence-corrected chi connectivity index (χ1v) is 7.31. The largest absolute Gasteiger partial charge is 0.480 e. The lowest BCUT2D eigenvalue weighted by atomic mass is 9.87. The highest BCUT2D eigenvalue weighted by molar-refractivity contribution is 7.99. The third kappa shape index (κ3) is 4.76. The Bertz CT molecular complexity index is 309. The van der Waals surface area contributed by atoms with Crippen LogP contribution in [0.2, 0.25) is 0 Å². The van der Waals surface area contributed by atoms with E-state index in [1.807, 2.05) is 11.8 Å². The van der Waals surface area contributed by atoms with Gasteiger partial charge in [-0.25, -0.2) is 9.59 Å². The van der Waals surface area contributed by atoms with Gasteiger partial charge in [-0.15, -0.1) is 0 Å². The molecule has 0 aromatic rings. The SMILES string of the molecule is CC(C)(C)[C@@H](NC(=O)NCC1CCSC1)C(=O)O. The quantitative estimate of drug-likeness (QED) is 0.726. The number of carboxylic acids is 1. The van der Waals surface area contributed by atoms with Crippen molar-refractivity contribution in [1.29, 1.82) is 0 Å². The van der Waals surface area contributed by atoms with Gasteiger partial charge in [0, 0.05) is 6.54 Å². The van der Waals surface area contributed by atoms with Crippen molar-refractivity contribution in [2.24, 2.45) is 11.3 Å². The maximum Gasteiger partial charge on any atom is 0.326 e. The maximum atomic E-state index is 11.7. The Morgan fingerprint density at radius 3 is 2.56 bits per heavy atom. The molecule has 3 N–H and O–H groups in total. The van der Waals surface area contributed by atoms with Gasteiger partial charge in [-0.05, 0) is 29.3 Å². The Hall–Kier alpha value is -0.910. The van der Waals surface area contributed by atoms with E-state index in [9.17, 15) is 9.59 Å². The molecular formula is C12H22N2O3S. The minimum absolute atomic E-state index is 0.394. The number of thioether (sulfide) groups is 1. The van der Waals surface area contributed by atoms with Crippen LogP contribution in [0.4, 0.5) is 4.79 Å². The predicted molar refractivity (Wildman–Crippen MR) is 72.8 cm³/mol. The van der Waals surface area contributed by atoms with E-state index in [4.69, 9.17) is 5.11 Å². The standard InChI is InChI=1S/C12H22N2O3S/c1-12(2,3)9(10(15)16)14-11(17)13-6-8-4-5-18-7-8/h8-9H,4-7H2,1-3H3,(H,15,16)(H2,13,14,17)/t8?,9-/m0/s1. The molecule has 1 rings (SSSR count). The van der Waals surface area contributed by atoms with Gasteiger partial charge in [-0.2, -0.15) is 11.8 Å². The molecule has 18 heavy (non-hydrogen) atoms. The van der Waals surface area contributed by atoms with Crippen LogP contribution >= 0.6 is 11.8 Å². The molecule has 0 aliphatic carbocycles. The fourth-order valence-corrected chi connectivity index (χ4v) is 3.10. The zero-order chi connectivity index (χ0) is 13.8. The summed E-state index contributed by atoms with van der Waals surface area (Å²) in [6.45, 7) is 5.99. The Balaban J connectivity index is 2.39. The number of aliphatic carboxylic acids is 1. The van der Waals surface area contributed by atoms with Crippen LogP contribution in [0.15, 0.2) is 0 Å². The third-order valence-electron chi connectivity index (χ3n) is 2.96. The maximum absolute atomic E-state index is 11.7. The average Bonchev–Trinajstić information content (AvgIpc) is 2.73. The second kappa shape index (κ2) is 6.31. The predicted octanol–water partition coefficient (Wildman–Crippen LogP) is 1.54. The summed E-state index contributed by atoms with van der Waals surface area (Å²) in [5.74, 6) is 1.73. The molecule has 0 saturated carbocycles. The molecule has 1 saturated heterocycles. The van der Waals surface area contributed by atoms with Crippen LogP contribution < -0.4 is 10.6 Å². The van der Waals surface area contributed by atoms with Crippen molar-refractivity contribution in [1.82, 2.24) is 10.6 Å². The summed E-state index contributed by atoms with van der Waals surface area (Å²) in [5, 5.41) is 14.4.